The zero-order chi connectivity index (χ0) is 30.1. The van der Waals surface area contributed by atoms with Crippen LogP contribution in [0.4, 0.5) is 11.4 Å². The Labute approximate surface area is 249 Å². The number of anilines is 2. The number of benzene rings is 5. The number of carbonyl (C=O) groups excluding carboxylic acids is 4. The zero-order valence-electron chi connectivity index (χ0n) is 22.4. The minimum absolute atomic E-state index is 0.00505. The van der Waals surface area contributed by atoms with Crippen molar-refractivity contribution in [2.75, 3.05) is 16.4 Å². The number of amides is 2. The Bertz CT molecular complexity index is 2000. The number of hydrogen-bond donors (Lipinski definition) is 3. The van der Waals surface area contributed by atoms with Crippen molar-refractivity contribution in [3.8, 4) is 0 Å². The van der Waals surface area contributed by atoms with Crippen LogP contribution in [0.15, 0.2) is 108 Å². The van der Waals surface area contributed by atoms with Crippen LogP contribution in [0.25, 0.3) is 10.8 Å². The molecule has 0 bridgehead atoms. The van der Waals surface area contributed by atoms with Crippen LogP contribution < -0.4 is 10.6 Å². The Balaban J connectivity index is 1.15. The summed E-state index contributed by atoms with van der Waals surface area (Å²) < 4.78 is 0. The smallest absolute Gasteiger partial charge is 0.336 e. The van der Waals surface area contributed by atoms with Gasteiger partial charge >= 0.3 is 5.97 Å². The molecule has 43 heavy (non-hydrogen) atoms. The summed E-state index contributed by atoms with van der Waals surface area (Å²) in [5.41, 5.74) is 2.08. The second-order valence-electron chi connectivity index (χ2n) is 9.77. The minimum atomic E-state index is -1.13. The number of fused-ring (bicyclic) bond motifs is 3. The molecule has 0 unspecified atom stereocenters. The van der Waals surface area contributed by atoms with Gasteiger partial charge in [0, 0.05) is 38.2 Å². The maximum absolute atomic E-state index is 13.2. The molecule has 0 saturated heterocycles. The molecule has 0 atom stereocenters. The van der Waals surface area contributed by atoms with Crippen molar-refractivity contribution < 1.29 is 29.1 Å². The standard InChI is InChI=1S/C34H22N2O6S/c37-28(36-27-16-6-13-24-30(27)32(39)23-12-2-1-11-22(23)31(24)38)18-43-21-10-5-9-20(17-21)35-33(40)25-14-3-7-19-8-4-15-26(29(19)25)34(41)42/h1-17H,18H2,(H,35,40)(H,36,37)(H,41,42). The van der Waals surface area contributed by atoms with Crippen LogP contribution in [0, 0.1) is 0 Å². The predicted octanol–water partition coefficient (Wildman–Crippen LogP) is 6.30. The molecule has 5 aromatic carbocycles. The van der Waals surface area contributed by atoms with E-state index >= 15 is 0 Å². The minimum Gasteiger partial charge on any atom is -0.478 e. The number of carbonyl (C=O) groups is 5. The van der Waals surface area contributed by atoms with Crippen molar-refractivity contribution in [3.63, 3.8) is 0 Å². The molecule has 9 heteroatoms. The molecule has 1 aliphatic rings. The topological polar surface area (TPSA) is 130 Å². The van der Waals surface area contributed by atoms with Crippen molar-refractivity contribution in [2.45, 2.75) is 4.90 Å². The van der Waals surface area contributed by atoms with E-state index in [0.717, 1.165) is 0 Å². The average Bonchev–Trinajstić information content (AvgIpc) is 3.02. The highest BCUT2D eigenvalue weighted by atomic mass is 32.2. The van der Waals surface area contributed by atoms with Gasteiger partial charge in [-0.25, -0.2) is 4.79 Å². The van der Waals surface area contributed by atoms with Gasteiger partial charge in [0.2, 0.25) is 5.91 Å². The maximum Gasteiger partial charge on any atom is 0.336 e. The van der Waals surface area contributed by atoms with Crippen LogP contribution in [0.3, 0.4) is 0 Å². The SMILES string of the molecule is O=C(CSc1cccc(NC(=O)c2cccc3cccc(C(=O)O)c23)c1)Nc1cccc2c1C(=O)c1ccccc1C2=O. The Hall–Kier alpha value is -5.54. The third-order valence-electron chi connectivity index (χ3n) is 7.07. The van der Waals surface area contributed by atoms with Gasteiger partial charge in [0.25, 0.3) is 5.91 Å². The lowest BCUT2D eigenvalue weighted by Gasteiger charge is -2.20. The van der Waals surface area contributed by atoms with E-state index in [4.69, 9.17) is 0 Å². The summed E-state index contributed by atoms with van der Waals surface area (Å²) in [4.78, 5) is 64.8. The summed E-state index contributed by atoms with van der Waals surface area (Å²) in [7, 11) is 0. The third kappa shape index (κ3) is 5.29. The molecule has 2 amide bonds. The molecular weight excluding hydrogens is 564 g/mol. The van der Waals surface area contributed by atoms with Crippen molar-refractivity contribution in [1.29, 1.82) is 0 Å². The fraction of sp³-hybridized carbons (Fsp3) is 0.0294. The second kappa shape index (κ2) is 11.4. The van der Waals surface area contributed by atoms with E-state index in [-0.39, 0.29) is 51.2 Å². The molecule has 0 saturated carbocycles. The van der Waals surface area contributed by atoms with Crippen LogP contribution in [-0.2, 0) is 4.79 Å². The highest BCUT2D eigenvalue weighted by molar-refractivity contribution is 8.00. The summed E-state index contributed by atoms with van der Waals surface area (Å²) in [6, 6.07) is 28.2. The quantitative estimate of drug-likeness (QED) is 0.187. The number of hydrogen-bond acceptors (Lipinski definition) is 6. The number of ketones is 2. The molecule has 0 fully saturated rings. The molecule has 8 nitrogen and oxygen atoms in total. The Kier molecular flexibility index (Phi) is 7.31. The molecule has 0 spiro atoms. The first-order valence-corrected chi connectivity index (χ1v) is 14.2. The van der Waals surface area contributed by atoms with Crippen LogP contribution in [0.2, 0.25) is 0 Å². The van der Waals surface area contributed by atoms with E-state index in [1.54, 1.807) is 97.1 Å². The van der Waals surface area contributed by atoms with Gasteiger partial charge < -0.3 is 15.7 Å². The molecule has 5 aromatic rings. The van der Waals surface area contributed by atoms with E-state index in [0.29, 0.717) is 32.5 Å². The van der Waals surface area contributed by atoms with Gasteiger partial charge in [-0.2, -0.15) is 0 Å². The lowest BCUT2D eigenvalue weighted by molar-refractivity contribution is -0.113. The van der Waals surface area contributed by atoms with Gasteiger partial charge in [0.1, 0.15) is 0 Å². The Morgan fingerprint density at radius 1 is 0.674 bits per heavy atom. The van der Waals surface area contributed by atoms with Crippen molar-refractivity contribution in [3.05, 3.63) is 137 Å². The van der Waals surface area contributed by atoms with Crippen LogP contribution in [0.5, 0.6) is 0 Å². The fourth-order valence-corrected chi connectivity index (χ4v) is 5.91. The maximum atomic E-state index is 13.2. The summed E-state index contributed by atoms with van der Waals surface area (Å²) in [5, 5.41) is 16.2. The molecule has 6 rings (SSSR count). The van der Waals surface area contributed by atoms with Gasteiger partial charge in [0.15, 0.2) is 11.6 Å². The van der Waals surface area contributed by atoms with E-state index in [1.165, 1.54) is 17.8 Å². The monoisotopic (exact) mass is 586 g/mol. The average molecular weight is 587 g/mol. The molecule has 210 valence electrons. The van der Waals surface area contributed by atoms with Gasteiger partial charge in [-0.05, 0) is 41.8 Å². The van der Waals surface area contributed by atoms with Crippen LogP contribution >= 0.6 is 11.8 Å². The first kappa shape index (κ1) is 27.6. The van der Waals surface area contributed by atoms with Crippen molar-refractivity contribution in [1.82, 2.24) is 0 Å². The normalized spacial score (nSPS) is 11.9. The summed E-state index contributed by atoms with van der Waals surface area (Å²) in [5.74, 6) is -2.54. The van der Waals surface area contributed by atoms with E-state index < -0.39 is 11.9 Å². The number of nitrogens with one attached hydrogen (secondary N) is 2. The van der Waals surface area contributed by atoms with E-state index in [9.17, 15) is 29.1 Å². The summed E-state index contributed by atoms with van der Waals surface area (Å²) >= 11 is 1.23. The third-order valence-corrected chi connectivity index (χ3v) is 8.06. The molecular formula is C34H22N2O6S. The van der Waals surface area contributed by atoms with E-state index in [2.05, 4.69) is 10.6 Å². The largest absolute Gasteiger partial charge is 0.478 e. The second-order valence-corrected chi connectivity index (χ2v) is 10.8. The van der Waals surface area contributed by atoms with Crippen LogP contribution in [-0.4, -0.2) is 40.2 Å². The number of thioether (sulfide) groups is 1. The highest BCUT2D eigenvalue weighted by Crippen LogP contribution is 2.32. The number of carboxylic acids is 1. The number of rotatable bonds is 7. The molecule has 0 radical (unpaired) electrons. The van der Waals surface area contributed by atoms with Gasteiger partial charge in [-0.1, -0.05) is 66.7 Å². The van der Waals surface area contributed by atoms with E-state index in [1.807, 2.05) is 0 Å². The Morgan fingerprint density at radius 2 is 1.33 bits per heavy atom. The van der Waals surface area contributed by atoms with Gasteiger partial charge in [0.05, 0.1) is 22.6 Å². The lowest BCUT2D eigenvalue weighted by atomic mass is 9.83. The first-order chi connectivity index (χ1) is 20.8. The van der Waals surface area contributed by atoms with Gasteiger partial charge in [-0.3, -0.25) is 19.2 Å². The molecule has 1 aliphatic carbocycles. The van der Waals surface area contributed by atoms with Crippen molar-refractivity contribution in [2.24, 2.45) is 0 Å². The fourth-order valence-electron chi connectivity index (χ4n) is 5.15. The Morgan fingerprint density at radius 3 is 2.07 bits per heavy atom. The van der Waals surface area contributed by atoms with Crippen molar-refractivity contribution >= 4 is 63.3 Å². The molecule has 3 N–H and O–H groups in total. The summed E-state index contributed by atoms with van der Waals surface area (Å²) in [6.07, 6.45) is 0. The number of aromatic carboxylic acids is 1. The first-order valence-electron chi connectivity index (χ1n) is 13.2. The summed E-state index contributed by atoms with van der Waals surface area (Å²) in [6.45, 7) is 0. The molecule has 0 heterocycles. The number of carboxylic acid groups (broad SMARTS) is 1. The van der Waals surface area contributed by atoms with Crippen LogP contribution in [0.1, 0.15) is 52.6 Å². The van der Waals surface area contributed by atoms with Gasteiger partial charge in [-0.15, -0.1) is 11.8 Å². The highest BCUT2D eigenvalue weighted by Gasteiger charge is 2.31. The molecule has 0 aromatic heterocycles. The molecule has 0 aliphatic heterocycles. The zero-order valence-corrected chi connectivity index (χ0v) is 23.2. The lowest BCUT2D eigenvalue weighted by Crippen LogP contribution is -2.24. The predicted molar refractivity (Wildman–Crippen MR) is 164 cm³/mol.